The first kappa shape index (κ1) is 48.9. The number of hydrogen-bond donors (Lipinski definition) is 2. The Balaban J connectivity index is -0.000000928. The Hall–Kier alpha value is -0.531. The molecular weight excluding hydrogens is 770 g/mol. The maximum absolute atomic E-state index is 8.52. The first-order valence-electron chi connectivity index (χ1n) is 16.0. The average Bonchev–Trinajstić information content (AvgIpc) is 3.35. The van der Waals surface area contributed by atoms with Crippen LogP contribution in [-0.2, 0) is 34.1 Å². The summed E-state index contributed by atoms with van der Waals surface area (Å²) in [5.41, 5.74) is 7.29. The van der Waals surface area contributed by atoms with Crippen molar-refractivity contribution in [1.82, 2.24) is 0 Å². The molecule has 2 aromatic rings. The number of halogens is 1. The van der Waals surface area contributed by atoms with Crippen molar-refractivity contribution in [3.63, 3.8) is 0 Å². The molecule has 1 radical (unpaired) electrons. The molecule has 45 heavy (non-hydrogen) atoms. The third-order valence-corrected chi connectivity index (χ3v) is 7.11. The van der Waals surface area contributed by atoms with Crippen LogP contribution in [0.25, 0.3) is 0 Å². The molecule has 1 aliphatic heterocycles. The smallest absolute Gasteiger partial charge is 0.479 e. The minimum atomic E-state index is -0.500. The van der Waals surface area contributed by atoms with Crippen LogP contribution in [0.4, 0.5) is 11.4 Å². The first-order valence-corrected chi connectivity index (χ1v) is 17.5. The standard InChI is InChI=1S/C27H37N2.2C4H10O.C3H7I.2Cu/c1-18(2)22-11-9-12-23(19(3)4)26(22)28-15-16-29(17-28)27-24(20(5)6)13-10-14-25(27)21(7)8;2*1-4(2,3)5;1-2-3-4;;/h9-21H,1-8H3;2*5H,1-3H3;2-3H2,1H3;;/q-1;;;;;+1. The van der Waals surface area contributed by atoms with Crippen LogP contribution in [0.3, 0.4) is 0 Å². The monoisotopic (exact) mass is 833 g/mol. The molecule has 7 heteroatoms. The zero-order valence-corrected chi connectivity index (χ0v) is 34.7. The number of aliphatic hydroxyl groups is 2. The molecule has 0 atom stereocenters. The summed E-state index contributed by atoms with van der Waals surface area (Å²) < 4.78 is 1.29. The summed E-state index contributed by atoms with van der Waals surface area (Å²) in [6.45, 7) is 33.2. The Labute approximate surface area is 313 Å². The van der Waals surface area contributed by atoms with E-state index in [1.807, 2.05) is 0 Å². The number of benzene rings is 2. The van der Waals surface area contributed by atoms with Gasteiger partial charge in [0.25, 0.3) is 0 Å². The Morgan fingerprint density at radius 1 is 0.622 bits per heavy atom. The third kappa shape index (κ3) is 19.8. The fourth-order valence-electron chi connectivity index (χ4n) is 4.24. The van der Waals surface area contributed by atoms with E-state index in [1.54, 1.807) is 41.5 Å². The number of alkyl halides is 1. The molecule has 0 saturated heterocycles. The third-order valence-electron chi connectivity index (χ3n) is 6.03. The van der Waals surface area contributed by atoms with E-state index in [0.717, 1.165) is 0 Å². The van der Waals surface area contributed by atoms with Gasteiger partial charge in [0.15, 0.2) is 0 Å². The molecule has 2 aromatic carbocycles. The molecule has 0 fully saturated rings. The van der Waals surface area contributed by atoms with E-state index >= 15 is 0 Å². The Morgan fingerprint density at radius 3 is 0.978 bits per heavy atom. The van der Waals surface area contributed by atoms with Crippen LogP contribution in [0, 0.1) is 6.67 Å². The maximum Gasteiger partial charge on any atom is 1.00 e. The number of nitrogens with zero attached hydrogens (tertiary/aromatic N) is 2. The molecular formula is C38H64Cu2IN2O2. The van der Waals surface area contributed by atoms with Gasteiger partial charge in [-0.15, -0.1) is 6.67 Å². The molecule has 2 N–H and O–H groups in total. The number of rotatable bonds is 7. The van der Waals surface area contributed by atoms with Gasteiger partial charge in [-0.3, -0.25) is 0 Å². The van der Waals surface area contributed by atoms with E-state index in [0.29, 0.717) is 23.7 Å². The molecule has 267 valence electrons. The van der Waals surface area contributed by atoms with Crippen LogP contribution in [0.5, 0.6) is 0 Å². The minimum Gasteiger partial charge on any atom is -0.479 e. The summed E-state index contributed by atoms with van der Waals surface area (Å²) in [5.74, 6) is 1.92. The van der Waals surface area contributed by atoms with Crippen LogP contribution >= 0.6 is 22.6 Å². The second-order valence-electron chi connectivity index (χ2n) is 14.4. The molecule has 0 spiro atoms. The van der Waals surface area contributed by atoms with Gasteiger partial charge in [-0.25, -0.2) is 0 Å². The zero-order valence-electron chi connectivity index (χ0n) is 30.7. The number of para-hydroxylation sites is 2. The van der Waals surface area contributed by atoms with E-state index in [9.17, 15) is 0 Å². The van der Waals surface area contributed by atoms with E-state index in [-0.39, 0.29) is 34.1 Å². The molecule has 0 unspecified atom stereocenters. The quantitative estimate of drug-likeness (QED) is 0.126. The minimum absolute atomic E-state index is 0. The van der Waals surface area contributed by atoms with Gasteiger partial charge in [-0.05, 0) is 111 Å². The van der Waals surface area contributed by atoms with Crippen LogP contribution in [0.1, 0.15) is 156 Å². The average molecular weight is 835 g/mol. The van der Waals surface area contributed by atoms with E-state index < -0.39 is 11.2 Å². The summed E-state index contributed by atoms with van der Waals surface area (Å²) in [5, 5.41) is 17.0. The Morgan fingerprint density at radius 2 is 0.822 bits per heavy atom. The molecule has 3 rings (SSSR count). The predicted molar refractivity (Wildman–Crippen MR) is 201 cm³/mol. The van der Waals surface area contributed by atoms with Crippen LogP contribution < -0.4 is 9.80 Å². The van der Waals surface area contributed by atoms with Gasteiger partial charge >= 0.3 is 17.1 Å². The van der Waals surface area contributed by atoms with Gasteiger partial charge in [-0.1, -0.05) is 121 Å². The SMILES string of the molecule is CC(C)(C)O.CC(C)(C)O.CC(C)c1cccc(C(C)C)c1N1C=CN(c2c(C(C)C)cccc2C(C)C)[CH-]1.CCCI.[Cu+].[Cu]. The molecule has 1 aliphatic rings. The van der Waals surface area contributed by atoms with Crippen molar-refractivity contribution < 1.29 is 44.4 Å². The molecule has 4 nitrogen and oxygen atoms in total. The van der Waals surface area contributed by atoms with Crippen molar-refractivity contribution in [1.29, 1.82) is 0 Å². The van der Waals surface area contributed by atoms with Crippen molar-refractivity contribution in [2.45, 2.75) is 145 Å². The molecule has 0 amide bonds. The molecule has 0 saturated carbocycles. The zero-order chi connectivity index (χ0) is 33.7. The fraction of sp³-hybridized carbons (Fsp3) is 0.605. The second-order valence-corrected chi connectivity index (χ2v) is 15.5. The second kappa shape index (κ2) is 22.9. The summed E-state index contributed by atoms with van der Waals surface area (Å²) in [7, 11) is 0. The van der Waals surface area contributed by atoms with Gasteiger partial charge in [0.1, 0.15) is 0 Å². The van der Waals surface area contributed by atoms with Gasteiger partial charge in [-0.2, -0.15) is 0 Å². The summed E-state index contributed by atoms with van der Waals surface area (Å²) in [6.07, 6.45) is 5.74. The van der Waals surface area contributed by atoms with Crippen LogP contribution in [0.15, 0.2) is 48.8 Å². The Bertz CT molecular complexity index is 954. The number of anilines is 2. The van der Waals surface area contributed by atoms with Gasteiger partial charge in [0, 0.05) is 28.4 Å². The topological polar surface area (TPSA) is 46.9 Å². The van der Waals surface area contributed by atoms with Crippen molar-refractivity contribution >= 4 is 34.0 Å². The van der Waals surface area contributed by atoms with Gasteiger partial charge < -0.3 is 20.0 Å². The normalized spacial score (nSPS) is 12.6. The molecule has 0 aliphatic carbocycles. The van der Waals surface area contributed by atoms with Crippen LogP contribution in [-0.4, -0.2) is 25.8 Å². The van der Waals surface area contributed by atoms with Crippen molar-refractivity contribution in [2.75, 3.05) is 14.2 Å². The van der Waals surface area contributed by atoms with Crippen molar-refractivity contribution in [3.8, 4) is 0 Å². The fourth-order valence-corrected chi connectivity index (χ4v) is 4.24. The van der Waals surface area contributed by atoms with Crippen LogP contribution in [0.2, 0.25) is 0 Å². The molecule has 1 heterocycles. The summed E-state index contributed by atoms with van der Waals surface area (Å²) in [4.78, 5) is 4.65. The summed E-state index contributed by atoms with van der Waals surface area (Å²) >= 11 is 2.35. The Kier molecular flexibility index (Phi) is 24.9. The largest absolute Gasteiger partial charge is 1.00 e. The van der Waals surface area contributed by atoms with Crippen molar-refractivity contribution in [2.24, 2.45) is 0 Å². The molecule has 0 bridgehead atoms. The van der Waals surface area contributed by atoms with Gasteiger partial charge in [0.2, 0.25) is 0 Å². The number of hydrogen-bond acceptors (Lipinski definition) is 4. The van der Waals surface area contributed by atoms with Crippen molar-refractivity contribution in [3.05, 3.63) is 77.7 Å². The maximum atomic E-state index is 8.52. The van der Waals surface area contributed by atoms with Gasteiger partial charge in [0.05, 0.1) is 11.2 Å². The summed E-state index contributed by atoms with van der Waals surface area (Å²) in [6, 6.07) is 13.5. The van der Waals surface area contributed by atoms with E-state index in [1.165, 1.54) is 44.5 Å². The van der Waals surface area contributed by atoms with E-state index in [4.69, 9.17) is 10.2 Å². The molecule has 0 aromatic heterocycles. The first-order chi connectivity index (χ1) is 19.6. The predicted octanol–water partition coefficient (Wildman–Crippen LogP) is 11.5. The van der Waals surface area contributed by atoms with E-state index in [2.05, 4.69) is 150 Å².